The smallest absolute Gasteiger partial charge is 0.387 e. The molecule has 0 aliphatic heterocycles. The molecule has 2 aromatic rings. The van der Waals surface area contributed by atoms with Crippen molar-refractivity contribution >= 4 is 0 Å². The molecule has 4 rings (SSSR count). The van der Waals surface area contributed by atoms with Crippen molar-refractivity contribution in [3.05, 3.63) is 53.3 Å². The Balaban J connectivity index is 1.52. The minimum Gasteiger partial charge on any atom is -0.429 e. The summed E-state index contributed by atoms with van der Waals surface area (Å²) < 4.78 is 71.5. The van der Waals surface area contributed by atoms with Crippen LogP contribution < -0.4 is 4.74 Å². The molecule has 0 amide bonds. The number of benzene rings is 2. The normalized spacial score (nSPS) is 26.0. The maximum Gasteiger partial charge on any atom is 0.387 e. The van der Waals surface area contributed by atoms with Crippen LogP contribution in [0.4, 0.5) is 22.0 Å². The molecule has 4 atom stereocenters. The molecule has 0 N–H and O–H groups in total. The second-order valence-corrected chi connectivity index (χ2v) is 9.00. The van der Waals surface area contributed by atoms with E-state index in [2.05, 4.69) is 11.7 Å². The van der Waals surface area contributed by atoms with Crippen molar-refractivity contribution in [3.8, 4) is 16.9 Å². The molecule has 2 aliphatic carbocycles. The highest BCUT2D eigenvalue weighted by Crippen LogP contribution is 2.48. The number of alkyl halides is 2. The van der Waals surface area contributed by atoms with Gasteiger partial charge in [0.05, 0.1) is 0 Å². The fraction of sp³-hybridized carbons (Fsp3) is 0.520. The second-order valence-electron chi connectivity index (χ2n) is 9.00. The van der Waals surface area contributed by atoms with Crippen molar-refractivity contribution in [1.82, 2.24) is 0 Å². The molecule has 2 saturated carbocycles. The second kappa shape index (κ2) is 9.17. The van der Waals surface area contributed by atoms with Crippen molar-refractivity contribution in [2.45, 2.75) is 64.4 Å². The first-order valence-corrected chi connectivity index (χ1v) is 11.1. The quantitative estimate of drug-likeness (QED) is 0.429. The van der Waals surface area contributed by atoms with Crippen LogP contribution in [0.2, 0.25) is 0 Å². The summed E-state index contributed by atoms with van der Waals surface area (Å²) in [6, 6.07) is 6.43. The van der Waals surface area contributed by atoms with Gasteiger partial charge in [0.15, 0.2) is 17.4 Å². The van der Waals surface area contributed by atoms with Crippen molar-refractivity contribution in [2.75, 3.05) is 0 Å². The van der Waals surface area contributed by atoms with Gasteiger partial charge in [-0.15, -0.1) is 0 Å². The van der Waals surface area contributed by atoms with Crippen molar-refractivity contribution in [2.24, 2.45) is 17.8 Å². The summed E-state index contributed by atoms with van der Waals surface area (Å²) in [6.07, 6.45) is 8.32. The van der Waals surface area contributed by atoms with Crippen LogP contribution in [0.3, 0.4) is 0 Å². The Bertz CT molecular complexity index is 905. The molecule has 0 aromatic heterocycles. The third-order valence-corrected chi connectivity index (χ3v) is 7.28. The minimum absolute atomic E-state index is 0.0299. The summed E-state index contributed by atoms with van der Waals surface area (Å²) in [4.78, 5) is 0. The highest BCUT2D eigenvalue weighted by molar-refractivity contribution is 5.66. The van der Waals surface area contributed by atoms with Crippen molar-refractivity contribution < 1.29 is 26.7 Å². The Labute approximate surface area is 179 Å². The lowest BCUT2D eigenvalue weighted by Gasteiger charge is -2.42. The Hall–Kier alpha value is -2.11. The van der Waals surface area contributed by atoms with Gasteiger partial charge in [-0.25, -0.2) is 13.2 Å². The minimum atomic E-state index is -3.35. The zero-order valence-electron chi connectivity index (χ0n) is 17.5. The third-order valence-electron chi connectivity index (χ3n) is 7.28. The van der Waals surface area contributed by atoms with E-state index in [1.54, 1.807) is 0 Å². The maximum atomic E-state index is 14.9. The predicted molar refractivity (Wildman–Crippen MR) is 110 cm³/mol. The van der Waals surface area contributed by atoms with Crippen LogP contribution >= 0.6 is 0 Å². The van der Waals surface area contributed by atoms with Crippen molar-refractivity contribution in [3.63, 3.8) is 0 Å². The highest BCUT2D eigenvalue weighted by atomic mass is 19.3. The number of ether oxygens (including phenoxy) is 1. The number of hydrogen-bond acceptors (Lipinski definition) is 1. The zero-order valence-corrected chi connectivity index (χ0v) is 17.5. The summed E-state index contributed by atoms with van der Waals surface area (Å²) in [7, 11) is 0. The molecule has 2 aliphatic rings. The van der Waals surface area contributed by atoms with Crippen LogP contribution in [-0.2, 0) is 0 Å². The van der Waals surface area contributed by atoms with Crippen LogP contribution in [0.1, 0.15) is 63.4 Å². The van der Waals surface area contributed by atoms with E-state index in [0.29, 0.717) is 11.8 Å². The molecule has 2 aromatic carbocycles. The largest absolute Gasteiger partial charge is 0.429 e. The predicted octanol–water partition coefficient (Wildman–Crippen LogP) is 8.08. The zero-order chi connectivity index (χ0) is 22.1. The van der Waals surface area contributed by atoms with E-state index in [-0.39, 0.29) is 11.1 Å². The molecule has 0 heterocycles. The first-order valence-electron chi connectivity index (χ1n) is 11.1. The molecule has 0 bridgehead atoms. The van der Waals surface area contributed by atoms with E-state index < -0.39 is 29.8 Å². The van der Waals surface area contributed by atoms with E-state index in [0.717, 1.165) is 48.8 Å². The fourth-order valence-electron chi connectivity index (χ4n) is 5.60. The standard InChI is InChI=1S/C25H27F5O/c1-2-14-3-4-16-10-17(6-5-15(16)9-14)18-7-8-20(21(26)11-18)19-12-22(27)24(23(28)13-19)31-25(29)30/h7-8,11-17,25H,2-6,9-10H2,1H3. The van der Waals surface area contributed by atoms with Crippen molar-refractivity contribution in [1.29, 1.82) is 0 Å². The summed E-state index contributed by atoms with van der Waals surface area (Å²) in [5.41, 5.74) is 0.889. The first-order chi connectivity index (χ1) is 14.9. The summed E-state index contributed by atoms with van der Waals surface area (Å²) in [5.74, 6) is -1.72. The Kier molecular flexibility index (Phi) is 6.54. The Morgan fingerprint density at radius 3 is 2.19 bits per heavy atom. The molecule has 168 valence electrons. The molecule has 0 saturated heterocycles. The van der Waals surface area contributed by atoms with Gasteiger partial charge in [0.25, 0.3) is 0 Å². The lowest BCUT2D eigenvalue weighted by atomic mass is 9.63. The molecule has 0 radical (unpaired) electrons. The molecule has 2 fully saturated rings. The van der Waals surface area contributed by atoms with Gasteiger partial charge in [0.1, 0.15) is 5.82 Å². The van der Waals surface area contributed by atoms with E-state index in [1.165, 1.54) is 37.8 Å². The highest BCUT2D eigenvalue weighted by Gasteiger charge is 2.35. The monoisotopic (exact) mass is 438 g/mol. The fourth-order valence-corrected chi connectivity index (χ4v) is 5.60. The van der Waals surface area contributed by atoms with Gasteiger partial charge in [-0.3, -0.25) is 0 Å². The average Bonchev–Trinajstić information content (AvgIpc) is 2.75. The van der Waals surface area contributed by atoms with Gasteiger partial charge in [-0.2, -0.15) is 8.78 Å². The lowest BCUT2D eigenvalue weighted by Crippen LogP contribution is -2.30. The molecule has 0 spiro atoms. The summed E-state index contributed by atoms with van der Waals surface area (Å²) >= 11 is 0. The topological polar surface area (TPSA) is 9.23 Å². The van der Waals surface area contributed by atoms with Crippen LogP contribution in [0.15, 0.2) is 30.3 Å². The average molecular weight is 438 g/mol. The van der Waals surface area contributed by atoms with Gasteiger partial charge >= 0.3 is 6.61 Å². The van der Waals surface area contributed by atoms with Crippen LogP contribution in [0.5, 0.6) is 5.75 Å². The molecule has 4 unspecified atom stereocenters. The number of halogens is 5. The van der Waals surface area contributed by atoms with E-state index >= 15 is 0 Å². The number of fused-ring (bicyclic) bond motifs is 1. The van der Waals surface area contributed by atoms with E-state index in [9.17, 15) is 22.0 Å². The maximum absolute atomic E-state index is 14.9. The molecular formula is C25H27F5O. The van der Waals surface area contributed by atoms with Crippen LogP contribution in [-0.4, -0.2) is 6.61 Å². The summed E-state index contributed by atoms with van der Waals surface area (Å²) in [5, 5.41) is 0. The van der Waals surface area contributed by atoms with Crippen LogP contribution in [0.25, 0.3) is 11.1 Å². The molecule has 31 heavy (non-hydrogen) atoms. The van der Waals surface area contributed by atoms with Gasteiger partial charge < -0.3 is 4.74 Å². The van der Waals surface area contributed by atoms with Crippen LogP contribution in [0, 0.1) is 35.2 Å². The van der Waals surface area contributed by atoms with E-state index in [1.807, 2.05) is 6.07 Å². The summed E-state index contributed by atoms with van der Waals surface area (Å²) in [6.45, 7) is -1.09. The van der Waals surface area contributed by atoms with Gasteiger partial charge in [0.2, 0.25) is 0 Å². The Morgan fingerprint density at radius 2 is 1.55 bits per heavy atom. The van der Waals surface area contributed by atoms with Gasteiger partial charge in [-0.1, -0.05) is 31.9 Å². The van der Waals surface area contributed by atoms with Gasteiger partial charge in [0, 0.05) is 5.56 Å². The Morgan fingerprint density at radius 1 is 0.871 bits per heavy atom. The SMILES string of the molecule is CCC1CCC2CC(c3ccc(-c4cc(F)c(OC(F)F)c(F)c4)c(F)c3)CCC2C1. The molecular weight excluding hydrogens is 411 g/mol. The third kappa shape index (κ3) is 4.73. The lowest BCUT2D eigenvalue weighted by molar-refractivity contribution is -0.0546. The van der Waals surface area contributed by atoms with E-state index in [4.69, 9.17) is 0 Å². The number of hydrogen-bond donors (Lipinski definition) is 0. The van der Waals surface area contributed by atoms with Gasteiger partial charge in [-0.05, 0) is 85.1 Å². The first kappa shape index (κ1) is 22.1. The molecule has 6 heteroatoms. The number of rotatable bonds is 5. The molecule has 1 nitrogen and oxygen atoms in total.